The molecule has 0 radical (unpaired) electrons. The summed E-state index contributed by atoms with van der Waals surface area (Å²) in [6.07, 6.45) is 3.59. The van der Waals surface area contributed by atoms with Crippen molar-refractivity contribution in [3.05, 3.63) is 52.0 Å². The Balaban J connectivity index is 0.00000242. The van der Waals surface area contributed by atoms with Crippen LogP contribution in [0.25, 0.3) is 0 Å². The van der Waals surface area contributed by atoms with E-state index in [-0.39, 0.29) is 30.0 Å². The highest BCUT2D eigenvalue weighted by molar-refractivity contribution is 14.0. The fourth-order valence-corrected chi connectivity index (χ4v) is 2.47. The standard InChI is InChI=1S/C14H17Cl2N5.HI/c1-9(11-4-3-10(15)7-12(11)16)20-14(17)19-8-13-18-5-6-21(13)2;/h3-7,9H,8H2,1-2H3,(H3,17,19,20);1H. The molecule has 0 spiro atoms. The molecule has 0 bridgehead atoms. The first kappa shape index (κ1) is 19.1. The molecule has 1 atom stereocenters. The van der Waals surface area contributed by atoms with Crippen LogP contribution in [0.15, 0.2) is 35.6 Å². The fraction of sp³-hybridized carbons (Fsp3) is 0.286. The molecule has 0 aliphatic heterocycles. The first-order valence-corrected chi connectivity index (χ1v) is 7.20. The number of imidazole rings is 1. The van der Waals surface area contributed by atoms with E-state index in [9.17, 15) is 0 Å². The number of hydrogen-bond acceptors (Lipinski definition) is 2. The van der Waals surface area contributed by atoms with E-state index in [1.54, 1.807) is 18.3 Å². The summed E-state index contributed by atoms with van der Waals surface area (Å²) in [7, 11) is 1.91. The summed E-state index contributed by atoms with van der Waals surface area (Å²) in [5.41, 5.74) is 6.80. The molecule has 0 amide bonds. The number of halogens is 3. The molecule has 0 saturated heterocycles. The minimum absolute atomic E-state index is 0. The smallest absolute Gasteiger partial charge is 0.189 e. The molecule has 1 unspecified atom stereocenters. The Bertz CT molecular complexity index is 656. The van der Waals surface area contributed by atoms with E-state index in [1.807, 2.05) is 30.8 Å². The summed E-state index contributed by atoms with van der Waals surface area (Å²) in [5.74, 6) is 1.19. The summed E-state index contributed by atoms with van der Waals surface area (Å²) >= 11 is 12.1. The quantitative estimate of drug-likeness (QED) is 0.422. The molecule has 0 aliphatic rings. The van der Waals surface area contributed by atoms with Crippen molar-refractivity contribution >= 4 is 53.1 Å². The molecule has 22 heavy (non-hydrogen) atoms. The van der Waals surface area contributed by atoms with Gasteiger partial charge in [-0.05, 0) is 24.6 Å². The highest BCUT2D eigenvalue weighted by Crippen LogP contribution is 2.25. The summed E-state index contributed by atoms with van der Waals surface area (Å²) in [4.78, 5) is 8.46. The average Bonchev–Trinajstić information content (AvgIpc) is 2.81. The summed E-state index contributed by atoms with van der Waals surface area (Å²) in [5, 5.41) is 4.30. The average molecular weight is 454 g/mol. The van der Waals surface area contributed by atoms with Crippen molar-refractivity contribution in [3.63, 3.8) is 0 Å². The summed E-state index contributed by atoms with van der Waals surface area (Å²) in [6.45, 7) is 2.38. The molecule has 120 valence electrons. The van der Waals surface area contributed by atoms with E-state index < -0.39 is 0 Å². The van der Waals surface area contributed by atoms with Gasteiger partial charge < -0.3 is 15.6 Å². The lowest BCUT2D eigenvalue weighted by Crippen LogP contribution is -2.34. The second-order valence-corrected chi connectivity index (χ2v) is 5.53. The van der Waals surface area contributed by atoms with E-state index in [0.717, 1.165) is 11.4 Å². The Morgan fingerprint density at radius 3 is 2.77 bits per heavy atom. The number of aromatic nitrogens is 2. The van der Waals surface area contributed by atoms with Crippen LogP contribution in [0.4, 0.5) is 0 Å². The van der Waals surface area contributed by atoms with E-state index in [2.05, 4.69) is 15.3 Å². The largest absolute Gasteiger partial charge is 0.370 e. The van der Waals surface area contributed by atoms with Gasteiger partial charge in [0, 0.05) is 29.5 Å². The van der Waals surface area contributed by atoms with E-state index in [1.165, 1.54) is 0 Å². The van der Waals surface area contributed by atoms with Crippen molar-refractivity contribution in [2.75, 3.05) is 0 Å². The van der Waals surface area contributed by atoms with Crippen LogP contribution in [0.1, 0.15) is 24.4 Å². The Labute approximate surface area is 156 Å². The lowest BCUT2D eigenvalue weighted by molar-refractivity contribution is 0.703. The monoisotopic (exact) mass is 453 g/mol. The maximum absolute atomic E-state index is 6.17. The number of hydrogen-bond donors (Lipinski definition) is 2. The maximum Gasteiger partial charge on any atom is 0.189 e. The van der Waals surface area contributed by atoms with Crippen LogP contribution < -0.4 is 11.1 Å². The lowest BCUT2D eigenvalue weighted by Gasteiger charge is -2.16. The molecule has 1 aromatic heterocycles. The van der Waals surface area contributed by atoms with Gasteiger partial charge in [-0.3, -0.25) is 0 Å². The molecule has 2 rings (SSSR count). The number of guanidine groups is 1. The van der Waals surface area contributed by atoms with Crippen molar-refractivity contribution < 1.29 is 0 Å². The van der Waals surface area contributed by atoms with E-state index in [4.69, 9.17) is 28.9 Å². The van der Waals surface area contributed by atoms with Crippen molar-refractivity contribution in [1.82, 2.24) is 14.9 Å². The molecule has 1 aromatic carbocycles. The van der Waals surface area contributed by atoms with Gasteiger partial charge in [0.2, 0.25) is 0 Å². The zero-order chi connectivity index (χ0) is 15.4. The number of aliphatic imine (C=N–C) groups is 1. The van der Waals surface area contributed by atoms with Gasteiger partial charge in [0.05, 0.1) is 6.04 Å². The topological polar surface area (TPSA) is 68.2 Å². The van der Waals surface area contributed by atoms with Crippen molar-refractivity contribution in [2.45, 2.75) is 19.5 Å². The Morgan fingerprint density at radius 1 is 1.45 bits per heavy atom. The minimum atomic E-state index is -0.0695. The van der Waals surface area contributed by atoms with Gasteiger partial charge in [-0.25, -0.2) is 9.98 Å². The SMILES string of the molecule is CC(NC(N)=NCc1nccn1C)c1ccc(Cl)cc1Cl.I. The third-order valence-corrected chi connectivity index (χ3v) is 3.67. The minimum Gasteiger partial charge on any atom is -0.370 e. The number of benzene rings is 1. The van der Waals surface area contributed by atoms with Crippen molar-refractivity contribution in [2.24, 2.45) is 17.8 Å². The van der Waals surface area contributed by atoms with Crippen molar-refractivity contribution in [1.29, 1.82) is 0 Å². The fourth-order valence-electron chi connectivity index (χ4n) is 1.90. The number of rotatable bonds is 4. The Hall–Kier alpha value is -0.990. The first-order valence-electron chi connectivity index (χ1n) is 6.45. The van der Waals surface area contributed by atoms with Gasteiger partial charge >= 0.3 is 0 Å². The Morgan fingerprint density at radius 2 is 2.18 bits per heavy atom. The molecular weight excluding hydrogens is 436 g/mol. The predicted molar refractivity (Wildman–Crippen MR) is 102 cm³/mol. The van der Waals surface area contributed by atoms with Crippen LogP contribution in [0.3, 0.4) is 0 Å². The second kappa shape index (κ2) is 8.59. The van der Waals surface area contributed by atoms with Gasteiger partial charge in [-0.2, -0.15) is 0 Å². The molecule has 0 aliphatic carbocycles. The predicted octanol–water partition coefficient (Wildman–Crippen LogP) is 3.51. The molecule has 1 heterocycles. The third-order valence-electron chi connectivity index (χ3n) is 3.11. The van der Waals surface area contributed by atoms with E-state index >= 15 is 0 Å². The number of nitrogens with zero attached hydrogens (tertiary/aromatic N) is 3. The highest BCUT2D eigenvalue weighted by Gasteiger charge is 2.10. The van der Waals surface area contributed by atoms with Crippen LogP contribution in [0.2, 0.25) is 10.0 Å². The molecule has 0 saturated carbocycles. The van der Waals surface area contributed by atoms with Crippen LogP contribution in [-0.4, -0.2) is 15.5 Å². The molecule has 0 fully saturated rings. The van der Waals surface area contributed by atoms with Crippen LogP contribution in [0.5, 0.6) is 0 Å². The van der Waals surface area contributed by atoms with Crippen LogP contribution in [0, 0.1) is 0 Å². The number of aryl methyl sites for hydroxylation is 1. The maximum atomic E-state index is 6.17. The number of nitrogens with one attached hydrogen (secondary N) is 1. The van der Waals surface area contributed by atoms with Gasteiger partial charge in [-0.1, -0.05) is 29.3 Å². The molecule has 8 heteroatoms. The Kier molecular flexibility index (Phi) is 7.44. The zero-order valence-corrected chi connectivity index (χ0v) is 16.1. The summed E-state index contributed by atoms with van der Waals surface area (Å²) in [6, 6.07) is 5.30. The van der Waals surface area contributed by atoms with Gasteiger partial charge in [-0.15, -0.1) is 24.0 Å². The molecular formula is C14H18Cl2IN5. The van der Waals surface area contributed by atoms with E-state index in [0.29, 0.717) is 22.5 Å². The third kappa shape index (κ3) is 5.03. The number of nitrogens with two attached hydrogens (primary N) is 1. The molecule has 5 nitrogen and oxygen atoms in total. The van der Waals surface area contributed by atoms with Crippen LogP contribution in [-0.2, 0) is 13.6 Å². The van der Waals surface area contributed by atoms with Crippen molar-refractivity contribution in [3.8, 4) is 0 Å². The molecule has 2 aromatic rings. The van der Waals surface area contributed by atoms with Gasteiger partial charge in [0.1, 0.15) is 12.4 Å². The lowest BCUT2D eigenvalue weighted by atomic mass is 10.1. The van der Waals surface area contributed by atoms with Gasteiger partial charge in [0.15, 0.2) is 5.96 Å². The normalized spacial score (nSPS) is 12.6. The van der Waals surface area contributed by atoms with Crippen LogP contribution >= 0.6 is 47.2 Å². The molecule has 3 N–H and O–H groups in total. The first-order chi connectivity index (χ1) is 9.97. The zero-order valence-electron chi connectivity index (χ0n) is 12.3. The second-order valence-electron chi connectivity index (χ2n) is 4.69. The highest BCUT2D eigenvalue weighted by atomic mass is 127. The van der Waals surface area contributed by atoms with Gasteiger partial charge in [0.25, 0.3) is 0 Å². The summed E-state index contributed by atoms with van der Waals surface area (Å²) < 4.78 is 1.90.